The van der Waals surface area contributed by atoms with Crippen LogP contribution in [0.3, 0.4) is 0 Å². The predicted molar refractivity (Wildman–Crippen MR) is 425 cm³/mol. The minimum absolute atomic E-state index is 0.221. The third kappa shape index (κ3) is 30.8. The summed E-state index contributed by atoms with van der Waals surface area (Å²) in [6, 6.07) is -7.97. The Labute approximate surface area is 703 Å². The molecule has 1 aliphatic rings. The van der Waals surface area contributed by atoms with E-state index in [1.54, 1.807) is 24.3 Å². The molecule has 0 aliphatic carbocycles. The fourth-order valence-corrected chi connectivity index (χ4v) is 12.4. The number of aliphatic hydroxyl groups is 1. The Morgan fingerprint density at radius 1 is 0.573 bits per heavy atom. The van der Waals surface area contributed by atoms with Gasteiger partial charge in [0, 0.05) is 64.8 Å². The molecule has 47 heteroatoms. The number of ketones is 1. The van der Waals surface area contributed by atoms with Gasteiger partial charge in [-0.25, -0.2) is 14.0 Å². The second-order valence-electron chi connectivity index (χ2n) is 29.7. The van der Waals surface area contributed by atoms with Gasteiger partial charge in [-0.2, -0.15) is 0 Å². The number of primary amides is 1. The largest absolute Gasteiger partial charge is 0.481 e. The van der Waals surface area contributed by atoms with Gasteiger partial charge in [-0.05, 0) is 101 Å². The molecular formula is C77H97FN18O28. The van der Waals surface area contributed by atoms with Gasteiger partial charge in [0.15, 0.2) is 5.78 Å². The highest BCUT2D eigenvalue weighted by Crippen LogP contribution is 2.24. The number of alkyl carbamates (subject to hydrolysis) is 1. The Morgan fingerprint density at radius 3 is 1.73 bits per heavy atom. The lowest BCUT2D eigenvalue weighted by atomic mass is 9.96. The van der Waals surface area contributed by atoms with E-state index in [4.69, 9.17) is 20.9 Å². The number of carbonyl (C=O) groups excluding carboxylic acids is 17. The summed E-state index contributed by atoms with van der Waals surface area (Å²) in [6.07, 6.45) is -9.23. The van der Waals surface area contributed by atoms with E-state index in [9.17, 15) is 131 Å². The average molecular weight is 1740 g/mol. The number of rotatable bonds is 30. The zero-order valence-corrected chi connectivity index (χ0v) is 67.6. The number of anilines is 1. The number of amides is 15. The van der Waals surface area contributed by atoms with Crippen molar-refractivity contribution in [2.24, 2.45) is 11.7 Å². The van der Waals surface area contributed by atoms with Crippen molar-refractivity contribution in [3.63, 3.8) is 0 Å². The van der Waals surface area contributed by atoms with Crippen molar-refractivity contribution in [2.45, 2.75) is 184 Å². The highest BCUT2D eigenvalue weighted by atomic mass is 19.1. The van der Waals surface area contributed by atoms with Gasteiger partial charge < -0.3 is 131 Å². The molecule has 2 aromatic heterocycles. The number of aliphatic carboxylic acids is 4. The standard InChI is InChI=1S/C77H97FN18O28/c1-34(20-59(103)104)63-74(120)94-52(24-54(98)41-13-7-9-14-43(41)79)75(121)123-36(3)64(96-71(117)51(28-62(109)110)93-70(116)48(25-55(80)99)91-69(115)47(21-37-29-82-44-15-10-8-12-40(37)44)88-56(100)22-38-30-83-45-18-17-39(78)23-42(38)45)73(119)85-32-57(101)87-46(16-11-19-81-76(122)124-77(4,5)6)67(113)92-50(27-61(107)108)68(114)86-35(2)65(111)90-49(26-60(105)106)66(112)84-31-58(102)89-53(33-97)72(118)95-63/h7-10,12-15,17-18,23,29-30,34-36,46-53,63-64,82-83,97H,11,16,19-22,24-28,31-33,79H2,1-6H3,(H2,80,99)(H,81,122)(H,84,112)(H,85,119)(H,86,114)(H,87,101)(H,88,100)(H,89,102)(H,90,111)(H,91,115)(H,92,113)(H,93,116)(H,94,120)(H,95,118)(H,96,117)(H,103,104)(H,105,106)(H,107,108)(H,109,110). The van der Waals surface area contributed by atoms with E-state index in [0.29, 0.717) is 27.4 Å². The Balaban J connectivity index is 1.44. The molecule has 124 heavy (non-hydrogen) atoms. The Bertz CT molecular complexity index is 4890. The van der Waals surface area contributed by atoms with Gasteiger partial charge in [0.05, 0.1) is 58.2 Å². The van der Waals surface area contributed by atoms with Gasteiger partial charge >= 0.3 is 35.9 Å². The summed E-state index contributed by atoms with van der Waals surface area (Å²) in [5, 5.41) is 81.3. The highest BCUT2D eigenvalue weighted by Gasteiger charge is 2.41. The summed E-state index contributed by atoms with van der Waals surface area (Å²) in [7, 11) is 0. The number of esters is 1. The molecule has 5 aromatic rings. The zero-order valence-electron chi connectivity index (χ0n) is 67.6. The number of carbonyl (C=O) groups is 21. The van der Waals surface area contributed by atoms with Gasteiger partial charge in [-0.1, -0.05) is 37.3 Å². The second kappa shape index (κ2) is 45.6. The predicted octanol–water partition coefficient (Wildman–Crippen LogP) is -5.33. The molecular weight excluding hydrogens is 1640 g/mol. The minimum Gasteiger partial charge on any atom is -0.481 e. The van der Waals surface area contributed by atoms with Crippen molar-refractivity contribution in [3.05, 3.63) is 102 Å². The lowest BCUT2D eigenvalue weighted by Gasteiger charge is -2.30. The van der Waals surface area contributed by atoms with Crippen molar-refractivity contribution >= 4 is 152 Å². The number of aliphatic hydroxyl groups excluding tert-OH is 1. The molecule has 0 saturated carbocycles. The number of carboxylic acid groups (broad SMARTS) is 4. The smallest absolute Gasteiger partial charge is 0.407 e. The first-order valence-corrected chi connectivity index (χ1v) is 38.3. The molecule has 25 N–H and O–H groups in total. The maximum Gasteiger partial charge on any atom is 0.407 e. The number of aromatic amines is 2. The third-order valence-electron chi connectivity index (χ3n) is 18.6. The van der Waals surface area contributed by atoms with Gasteiger partial charge in [0.1, 0.15) is 84.0 Å². The lowest BCUT2D eigenvalue weighted by Crippen LogP contribution is -2.62. The van der Waals surface area contributed by atoms with Gasteiger partial charge in [0.25, 0.3) is 0 Å². The molecule has 46 nitrogen and oxygen atoms in total. The number of hydrogen-bond acceptors (Lipinski definition) is 25. The Hall–Kier alpha value is -14.7. The van der Waals surface area contributed by atoms with Crippen LogP contribution in [0.15, 0.2) is 79.1 Å². The topological polar surface area (TPSA) is 730 Å². The number of para-hydroxylation sites is 2. The van der Waals surface area contributed by atoms with E-state index in [2.05, 4.69) is 68.5 Å². The van der Waals surface area contributed by atoms with E-state index in [0.717, 1.165) is 26.8 Å². The highest BCUT2D eigenvalue weighted by molar-refractivity contribution is 6.05. The molecule has 3 aromatic carbocycles. The molecule has 1 fully saturated rings. The minimum atomic E-state index is -2.53. The van der Waals surface area contributed by atoms with E-state index in [1.807, 2.05) is 16.0 Å². The molecule has 3 heterocycles. The van der Waals surface area contributed by atoms with Crippen LogP contribution in [0.4, 0.5) is 14.9 Å². The number of Topliss-reactive ketones (excluding diaryl/α,β-unsaturated/α-hetero) is 1. The first kappa shape index (κ1) is 98.1. The van der Waals surface area contributed by atoms with Crippen molar-refractivity contribution in [2.75, 3.05) is 32.0 Å². The van der Waals surface area contributed by atoms with Crippen LogP contribution in [0, 0.1) is 11.7 Å². The van der Waals surface area contributed by atoms with E-state index in [-0.39, 0.29) is 36.2 Å². The quantitative estimate of drug-likeness (QED) is 0.00883. The summed E-state index contributed by atoms with van der Waals surface area (Å²) >= 11 is 0. The van der Waals surface area contributed by atoms with Crippen molar-refractivity contribution in [3.8, 4) is 0 Å². The number of fused-ring (bicyclic) bond motifs is 2. The molecule has 13 unspecified atom stereocenters. The Kier molecular flexibility index (Phi) is 36.1. The normalized spacial score (nSPS) is 20.6. The summed E-state index contributed by atoms with van der Waals surface area (Å²) in [4.78, 5) is 295. The van der Waals surface area contributed by atoms with E-state index < -0.39 is 285 Å². The maximum absolute atomic E-state index is 15.0. The molecule has 1 saturated heterocycles. The molecule has 13 atom stereocenters. The van der Waals surface area contributed by atoms with Crippen molar-refractivity contribution in [1.29, 1.82) is 0 Å². The average Bonchev–Trinajstić information content (AvgIpc) is 1.61. The van der Waals surface area contributed by atoms with Crippen LogP contribution in [0.5, 0.6) is 0 Å². The van der Waals surface area contributed by atoms with Crippen LogP contribution in [0.2, 0.25) is 0 Å². The first-order valence-electron chi connectivity index (χ1n) is 38.3. The monoisotopic (exact) mass is 1740 g/mol. The first-order chi connectivity index (χ1) is 58.3. The number of nitrogens with two attached hydrogens (primary N) is 2. The molecule has 6 rings (SSSR count). The number of benzene rings is 3. The number of hydrogen-bond donors (Lipinski definition) is 23. The van der Waals surface area contributed by atoms with Crippen molar-refractivity contribution in [1.82, 2.24) is 84.4 Å². The van der Waals surface area contributed by atoms with Gasteiger partial charge in [-0.3, -0.25) is 91.1 Å². The fourth-order valence-electron chi connectivity index (χ4n) is 12.4. The van der Waals surface area contributed by atoms with Crippen molar-refractivity contribution < 1.29 is 140 Å². The molecule has 0 radical (unpaired) electrons. The molecule has 0 bridgehead atoms. The second-order valence-corrected chi connectivity index (χ2v) is 29.7. The number of carboxylic acids is 4. The summed E-state index contributed by atoms with van der Waals surface area (Å²) in [5.41, 5.74) is 11.9. The lowest BCUT2D eigenvalue weighted by molar-refractivity contribution is -0.156. The molecule has 670 valence electrons. The summed E-state index contributed by atoms with van der Waals surface area (Å²) in [5.74, 6) is -31.7. The van der Waals surface area contributed by atoms with E-state index >= 15 is 0 Å². The van der Waals surface area contributed by atoms with Crippen LogP contribution in [0.25, 0.3) is 21.8 Å². The Morgan fingerprint density at radius 2 is 1.12 bits per heavy atom. The van der Waals surface area contributed by atoms with Crippen LogP contribution < -0.4 is 85.9 Å². The van der Waals surface area contributed by atoms with E-state index in [1.165, 1.54) is 69.6 Å². The number of cyclic esters (lactones) is 1. The number of nitrogens with one attached hydrogen (secondary N) is 16. The molecule has 0 spiro atoms. The number of aromatic nitrogens is 2. The number of ether oxygens (including phenoxy) is 2. The van der Waals surface area contributed by atoms with Crippen LogP contribution in [-0.2, 0) is 113 Å². The fraction of sp³-hybridized carbons (Fsp3) is 0.442. The zero-order chi connectivity index (χ0) is 92.1. The molecule has 15 amide bonds. The van der Waals surface area contributed by atoms with Crippen LogP contribution in [-0.4, -0.2) is 264 Å². The molecule has 1 aliphatic heterocycles. The summed E-state index contributed by atoms with van der Waals surface area (Å²) < 4.78 is 25.4. The summed E-state index contributed by atoms with van der Waals surface area (Å²) in [6.45, 7) is 3.25. The van der Waals surface area contributed by atoms with Gasteiger partial charge in [0.2, 0.25) is 82.7 Å². The third-order valence-corrected chi connectivity index (χ3v) is 18.6. The number of nitrogen functional groups attached to an aromatic ring is 1. The maximum atomic E-state index is 15.0. The number of halogens is 1. The SMILES string of the molecule is CC1NC(=O)C(CC(=O)O)NC(=O)C(CCCNC(=O)OC(C)(C)C)NC(=O)CNC(=O)C(NC(=O)C(CC(=O)O)NC(=O)C(CC(N)=O)NC(=O)C(Cc2c[nH]c3ccccc23)NC(=O)Cc2c[nH]c3ccc(F)cc23)C(C)OC(=O)C(CC(=O)c2ccccc2N)NC(=O)C(C(C)CC(=O)O)NC(=O)C(CO)NC(=O)CNC(=O)C(CC(=O)O)NC1=O. The van der Waals surface area contributed by atoms with Crippen LogP contribution >= 0.6 is 0 Å². The number of H-pyrrole nitrogens is 2. The van der Waals surface area contributed by atoms with Gasteiger partial charge in [-0.15, -0.1) is 0 Å². The van der Waals surface area contributed by atoms with Crippen LogP contribution in [0.1, 0.15) is 114 Å².